The van der Waals surface area contributed by atoms with E-state index < -0.39 is 0 Å². The van der Waals surface area contributed by atoms with E-state index >= 15 is 0 Å². The molecule has 132 valence electrons. The van der Waals surface area contributed by atoms with Crippen molar-refractivity contribution >= 4 is 17.5 Å². The Balaban J connectivity index is 1.80. The molecule has 6 nitrogen and oxygen atoms in total. The lowest BCUT2D eigenvalue weighted by atomic mass is 10.1. The van der Waals surface area contributed by atoms with Gasteiger partial charge in [-0.1, -0.05) is 19.1 Å². The molecule has 1 heterocycles. The Bertz CT molecular complexity index is 686. The predicted octanol–water partition coefficient (Wildman–Crippen LogP) is 2.51. The number of rotatable bonds is 8. The van der Waals surface area contributed by atoms with E-state index in [9.17, 15) is 9.59 Å². The minimum Gasteiger partial charge on any atom is -0.353 e. The van der Waals surface area contributed by atoms with Gasteiger partial charge >= 0.3 is 0 Å². The van der Waals surface area contributed by atoms with Crippen LogP contribution < -0.4 is 10.6 Å². The average molecular weight is 340 g/mol. The molecule has 0 aliphatic heterocycles. The van der Waals surface area contributed by atoms with Crippen molar-refractivity contribution in [2.75, 3.05) is 5.32 Å². The number of amides is 2. The zero-order chi connectivity index (χ0) is 18.1. The van der Waals surface area contributed by atoms with Crippen LogP contribution in [0.15, 0.2) is 42.9 Å². The second kappa shape index (κ2) is 9.52. The van der Waals surface area contributed by atoms with Crippen molar-refractivity contribution in [2.45, 2.75) is 45.6 Å². The number of carbonyl (C=O) groups is 2. The van der Waals surface area contributed by atoms with E-state index in [-0.39, 0.29) is 17.9 Å². The second-order valence-electron chi connectivity index (χ2n) is 6.04. The number of hydrogen-bond donors (Lipinski definition) is 2. The third-order valence-electron chi connectivity index (χ3n) is 3.62. The number of aromatic nitrogens is 2. The molecule has 0 saturated heterocycles. The highest BCUT2D eigenvalue weighted by Crippen LogP contribution is 2.11. The topological polar surface area (TPSA) is 84.0 Å². The van der Waals surface area contributed by atoms with Gasteiger partial charge in [0, 0.05) is 43.2 Å². The van der Waals surface area contributed by atoms with Gasteiger partial charge < -0.3 is 10.6 Å². The van der Waals surface area contributed by atoms with Gasteiger partial charge in [-0.3, -0.25) is 19.6 Å². The molecule has 1 aromatic heterocycles. The normalized spacial score (nSPS) is 11.6. The van der Waals surface area contributed by atoms with Crippen molar-refractivity contribution < 1.29 is 9.59 Å². The lowest BCUT2D eigenvalue weighted by Crippen LogP contribution is -2.35. The van der Waals surface area contributed by atoms with Crippen LogP contribution >= 0.6 is 0 Å². The molecule has 2 aromatic rings. The quantitative estimate of drug-likeness (QED) is 0.773. The van der Waals surface area contributed by atoms with Crippen LogP contribution in [0.25, 0.3) is 0 Å². The lowest BCUT2D eigenvalue weighted by molar-refractivity contribution is -0.121. The number of benzene rings is 1. The smallest absolute Gasteiger partial charge is 0.224 e. The summed E-state index contributed by atoms with van der Waals surface area (Å²) < 4.78 is 0. The molecule has 0 aliphatic carbocycles. The molecule has 0 fully saturated rings. The van der Waals surface area contributed by atoms with E-state index in [0.717, 1.165) is 23.4 Å². The molecule has 1 aromatic carbocycles. The molecular formula is C19H24N4O2. The van der Waals surface area contributed by atoms with Crippen molar-refractivity contribution in [3.8, 4) is 0 Å². The first kappa shape index (κ1) is 18.6. The molecule has 1 unspecified atom stereocenters. The van der Waals surface area contributed by atoms with Gasteiger partial charge in [-0.15, -0.1) is 0 Å². The highest BCUT2D eigenvalue weighted by Gasteiger charge is 2.10. The van der Waals surface area contributed by atoms with E-state index in [1.807, 2.05) is 38.1 Å². The minimum atomic E-state index is -0.0424. The summed E-state index contributed by atoms with van der Waals surface area (Å²) in [4.78, 5) is 31.9. The number of anilines is 1. The van der Waals surface area contributed by atoms with Crippen LogP contribution in [0.4, 0.5) is 5.69 Å². The van der Waals surface area contributed by atoms with Gasteiger partial charge in [-0.05, 0) is 31.0 Å². The zero-order valence-corrected chi connectivity index (χ0v) is 14.7. The Labute approximate surface area is 148 Å². The van der Waals surface area contributed by atoms with Crippen molar-refractivity contribution in [1.29, 1.82) is 0 Å². The van der Waals surface area contributed by atoms with Crippen molar-refractivity contribution in [2.24, 2.45) is 0 Å². The maximum absolute atomic E-state index is 12.1. The molecule has 25 heavy (non-hydrogen) atoms. The number of carbonyl (C=O) groups excluding carboxylic acids is 2. The summed E-state index contributed by atoms with van der Waals surface area (Å²) in [5.41, 5.74) is 2.50. The summed E-state index contributed by atoms with van der Waals surface area (Å²) >= 11 is 0. The Morgan fingerprint density at radius 1 is 1.12 bits per heavy atom. The Morgan fingerprint density at radius 3 is 2.52 bits per heavy atom. The fourth-order valence-corrected chi connectivity index (χ4v) is 2.47. The van der Waals surface area contributed by atoms with Gasteiger partial charge in [0.15, 0.2) is 0 Å². The highest BCUT2D eigenvalue weighted by atomic mass is 16.2. The molecule has 0 bridgehead atoms. The minimum absolute atomic E-state index is 0.00540. The average Bonchev–Trinajstić information content (AvgIpc) is 2.57. The van der Waals surface area contributed by atoms with Gasteiger partial charge in [-0.2, -0.15) is 0 Å². The predicted molar refractivity (Wildman–Crippen MR) is 97.0 cm³/mol. The SMILES string of the molecule is CCCC(=O)Nc1ccc(CC(=O)NC(C)Cc2cnccn2)cc1. The van der Waals surface area contributed by atoms with Gasteiger partial charge in [0.1, 0.15) is 0 Å². The van der Waals surface area contributed by atoms with Crippen LogP contribution in [0.3, 0.4) is 0 Å². The van der Waals surface area contributed by atoms with E-state index in [4.69, 9.17) is 0 Å². The van der Waals surface area contributed by atoms with E-state index in [2.05, 4.69) is 20.6 Å². The van der Waals surface area contributed by atoms with Gasteiger partial charge in [0.05, 0.1) is 12.1 Å². The summed E-state index contributed by atoms with van der Waals surface area (Å²) in [7, 11) is 0. The molecule has 0 radical (unpaired) electrons. The monoisotopic (exact) mass is 340 g/mol. The third kappa shape index (κ3) is 6.71. The fourth-order valence-electron chi connectivity index (χ4n) is 2.47. The van der Waals surface area contributed by atoms with Crippen LogP contribution in [-0.2, 0) is 22.4 Å². The maximum Gasteiger partial charge on any atom is 0.224 e. The first-order chi connectivity index (χ1) is 12.1. The first-order valence-electron chi connectivity index (χ1n) is 8.50. The summed E-state index contributed by atoms with van der Waals surface area (Å²) in [6, 6.07) is 7.33. The van der Waals surface area contributed by atoms with Crippen molar-refractivity contribution in [3.63, 3.8) is 0 Å². The Hall–Kier alpha value is -2.76. The zero-order valence-electron chi connectivity index (χ0n) is 14.7. The Morgan fingerprint density at radius 2 is 1.88 bits per heavy atom. The standard InChI is InChI=1S/C19H24N4O2/c1-3-4-18(24)23-16-7-5-15(6-8-16)12-19(25)22-14(2)11-17-13-20-9-10-21-17/h5-10,13-14H,3-4,11-12H2,1-2H3,(H,22,25)(H,23,24). The number of nitrogens with one attached hydrogen (secondary N) is 2. The Kier molecular flexibility index (Phi) is 7.07. The molecule has 2 rings (SSSR count). The maximum atomic E-state index is 12.1. The van der Waals surface area contributed by atoms with E-state index in [1.54, 1.807) is 18.6 Å². The second-order valence-corrected chi connectivity index (χ2v) is 6.04. The molecular weight excluding hydrogens is 316 g/mol. The van der Waals surface area contributed by atoms with E-state index in [1.165, 1.54) is 0 Å². The van der Waals surface area contributed by atoms with Crippen molar-refractivity contribution in [3.05, 3.63) is 54.1 Å². The van der Waals surface area contributed by atoms with Crippen LogP contribution in [0, 0.1) is 0 Å². The first-order valence-corrected chi connectivity index (χ1v) is 8.50. The summed E-state index contributed by atoms with van der Waals surface area (Å²) in [6.45, 7) is 3.91. The van der Waals surface area contributed by atoms with Crippen molar-refractivity contribution in [1.82, 2.24) is 15.3 Å². The molecule has 0 aliphatic rings. The molecule has 6 heteroatoms. The third-order valence-corrected chi connectivity index (χ3v) is 3.62. The van der Waals surface area contributed by atoms with Gasteiger partial charge in [-0.25, -0.2) is 0 Å². The van der Waals surface area contributed by atoms with E-state index in [0.29, 0.717) is 19.3 Å². The van der Waals surface area contributed by atoms with Crippen LogP contribution in [0.1, 0.15) is 37.9 Å². The van der Waals surface area contributed by atoms with Crippen LogP contribution in [0.2, 0.25) is 0 Å². The van der Waals surface area contributed by atoms with Crippen LogP contribution in [0.5, 0.6) is 0 Å². The van der Waals surface area contributed by atoms with Gasteiger partial charge in [0.2, 0.25) is 11.8 Å². The molecule has 0 spiro atoms. The summed E-state index contributed by atoms with van der Waals surface area (Å²) in [5.74, 6) is -0.0370. The molecule has 2 amide bonds. The molecule has 2 N–H and O–H groups in total. The summed E-state index contributed by atoms with van der Waals surface area (Å²) in [5, 5.41) is 5.79. The highest BCUT2D eigenvalue weighted by molar-refractivity contribution is 5.90. The fraction of sp³-hybridized carbons (Fsp3) is 0.368. The summed E-state index contributed by atoms with van der Waals surface area (Å²) in [6.07, 6.45) is 7.24. The number of hydrogen-bond acceptors (Lipinski definition) is 4. The largest absolute Gasteiger partial charge is 0.353 e. The molecule has 0 saturated carbocycles. The number of nitrogens with zero attached hydrogens (tertiary/aromatic N) is 2. The molecule has 1 atom stereocenters. The van der Waals surface area contributed by atoms with Gasteiger partial charge in [0.25, 0.3) is 0 Å². The van der Waals surface area contributed by atoms with Crippen LogP contribution in [-0.4, -0.2) is 27.8 Å². The lowest BCUT2D eigenvalue weighted by Gasteiger charge is -2.13.